The molecule has 3 aromatic rings. The maximum Gasteiger partial charge on any atom is 0.119 e. The molecule has 1 aromatic heterocycles. The third-order valence-corrected chi connectivity index (χ3v) is 3.79. The van der Waals surface area contributed by atoms with Gasteiger partial charge in [0, 0.05) is 19.0 Å². The smallest absolute Gasteiger partial charge is 0.119 e. The molecule has 0 radical (unpaired) electrons. The minimum Gasteiger partial charge on any atom is -0.493 e. The first-order chi connectivity index (χ1) is 10.8. The van der Waals surface area contributed by atoms with Gasteiger partial charge in [-0.2, -0.15) is 0 Å². The van der Waals surface area contributed by atoms with Gasteiger partial charge in [0.05, 0.1) is 17.6 Å². The van der Waals surface area contributed by atoms with Gasteiger partial charge in [0.2, 0.25) is 0 Å². The van der Waals surface area contributed by atoms with Crippen molar-refractivity contribution >= 4 is 11.0 Å². The summed E-state index contributed by atoms with van der Waals surface area (Å²) in [6.45, 7) is 3.31. The summed E-state index contributed by atoms with van der Waals surface area (Å²) in [5.41, 5.74) is 8.01. The van der Waals surface area contributed by atoms with Gasteiger partial charge in [-0.15, -0.1) is 0 Å². The van der Waals surface area contributed by atoms with Crippen LogP contribution in [0.5, 0.6) is 5.75 Å². The first-order valence-electron chi connectivity index (χ1n) is 7.63. The second-order valence-electron chi connectivity index (χ2n) is 5.38. The maximum atomic E-state index is 5.86. The summed E-state index contributed by atoms with van der Waals surface area (Å²) in [4.78, 5) is 4.74. The highest BCUT2D eigenvalue weighted by atomic mass is 16.5. The fraction of sp³-hybridized carbons (Fsp3) is 0.278. The van der Waals surface area contributed by atoms with Crippen LogP contribution >= 0.6 is 0 Å². The number of nitrogens with two attached hydrogens (primary N) is 1. The SMILES string of the molecule is CC(CN)n1c(CCOc2ccccc2)nc2ccccc21. The zero-order valence-corrected chi connectivity index (χ0v) is 12.8. The summed E-state index contributed by atoms with van der Waals surface area (Å²) < 4.78 is 8.02. The van der Waals surface area contributed by atoms with E-state index in [-0.39, 0.29) is 6.04 Å². The van der Waals surface area contributed by atoms with Crippen molar-refractivity contribution in [1.82, 2.24) is 9.55 Å². The lowest BCUT2D eigenvalue weighted by Gasteiger charge is -2.16. The predicted octanol–water partition coefficient (Wildman–Crippen LogP) is 3.18. The Morgan fingerprint density at radius 1 is 1.09 bits per heavy atom. The fourth-order valence-corrected chi connectivity index (χ4v) is 2.64. The minimum atomic E-state index is 0.221. The van der Waals surface area contributed by atoms with Crippen molar-refractivity contribution in [1.29, 1.82) is 0 Å². The number of nitrogens with zero attached hydrogens (tertiary/aromatic N) is 2. The third-order valence-electron chi connectivity index (χ3n) is 3.79. The second kappa shape index (κ2) is 6.62. The molecule has 2 N–H and O–H groups in total. The van der Waals surface area contributed by atoms with E-state index in [1.54, 1.807) is 0 Å². The van der Waals surface area contributed by atoms with Gasteiger partial charge >= 0.3 is 0 Å². The lowest BCUT2D eigenvalue weighted by molar-refractivity contribution is 0.315. The largest absolute Gasteiger partial charge is 0.493 e. The second-order valence-corrected chi connectivity index (χ2v) is 5.38. The number of hydrogen-bond acceptors (Lipinski definition) is 3. The van der Waals surface area contributed by atoms with Crippen LogP contribution in [0.3, 0.4) is 0 Å². The van der Waals surface area contributed by atoms with Crippen molar-refractivity contribution < 1.29 is 4.74 Å². The number of fused-ring (bicyclic) bond motifs is 1. The molecule has 4 nitrogen and oxygen atoms in total. The van der Waals surface area contributed by atoms with E-state index in [4.69, 9.17) is 15.5 Å². The van der Waals surface area contributed by atoms with E-state index in [1.807, 2.05) is 48.5 Å². The van der Waals surface area contributed by atoms with Gasteiger partial charge in [-0.05, 0) is 31.2 Å². The van der Waals surface area contributed by atoms with Gasteiger partial charge in [0.25, 0.3) is 0 Å². The van der Waals surface area contributed by atoms with Crippen molar-refractivity contribution in [2.24, 2.45) is 5.73 Å². The molecule has 0 fully saturated rings. The van der Waals surface area contributed by atoms with Gasteiger partial charge in [-0.25, -0.2) is 4.98 Å². The quantitative estimate of drug-likeness (QED) is 0.760. The Kier molecular flexibility index (Phi) is 4.39. The lowest BCUT2D eigenvalue weighted by Crippen LogP contribution is -2.19. The molecule has 22 heavy (non-hydrogen) atoms. The number of ether oxygens (including phenoxy) is 1. The Morgan fingerprint density at radius 3 is 2.59 bits per heavy atom. The van der Waals surface area contributed by atoms with Gasteiger partial charge in [0.1, 0.15) is 11.6 Å². The molecule has 0 aliphatic carbocycles. The number of rotatable bonds is 6. The summed E-state index contributed by atoms with van der Waals surface area (Å²) in [5, 5.41) is 0. The van der Waals surface area contributed by atoms with E-state index in [0.717, 1.165) is 29.0 Å². The fourth-order valence-electron chi connectivity index (χ4n) is 2.64. The lowest BCUT2D eigenvalue weighted by atomic mass is 10.2. The number of para-hydroxylation sites is 3. The molecular weight excluding hydrogens is 274 g/mol. The Labute approximate surface area is 130 Å². The molecule has 4 heteroatoms. The van der Waals surface area contributed by atoms with E-state index < -0.39 is 0 Å². The van der Waals surface area contributed by atoms with E-state index >= 15 is 0 Å². The highest BCUT2D eigenvalue weighted by Gasteiger charge is 2.14. The van der Waals surface area contributed by atoms with E-state index in [9.17, 15) is 0 Å². The zero-order valence-electron chi connectivity index (χ0n) is 12.8. The Hall–Kier alpha value is -2.33. The van der Waals surface area contributed by atoms with Crippen molar-refractivity contribution in [3.63, 3.8) is 0 Å². The first-order valence-corrected chi connectivity index (χ1v) is 7.63. The first kappa shape index (κ1) is 14.6. The van der Waals surface area contributed by atoms with Crippen LogP contribution in [0.1, 0.15) is 18.8 Å². The van der Waals surface area contributed by atoms with Crippen LogP contribution in [0, 0.1) is 0 Å². The molecule has 1 heterocycles. The number of aromatic nitrogens is 2. The predicted molar refractivity (Wildman–Crippen MR) is 89.1 cm³/mol. The maximum absolute atomic E-state index is 5.86. The molecule has 1 atom stereocenters. The molecule has 0 saturated carbocycles. The van der Waals surface area contributed by atoms with Gasteiger partial charge in [0.15, 0.2) is 0 Å². The number of imidazole rings is 1. The van der Waals surface area contributed by atoms with Crippen molar-refractivity contribution in [3.8, 4) is 5.75 Å². The summed E-state index contributed by atoms with van der Waals surface area (Å²) >= 11 is 0. The number of hydrogen-bond donors (Lipinski definition) is 1. The van der Waals surface area contributed by atoms with Gasteiger partial charge < -0.3 is 15.0 Å². The van der Waals surface area contributed by atoms with Gasteiger partial charge in [-0.1, -0.05) is 30.3 Å². The highest BCUT2D eigenvalue weighted by Crippen LogP contribution is 2.21. The average Bonchev–Trinajstić information content (AvgIpc) is 2.93. The summed E-state index contributed by atoms with van der Waals surface area (Å²) in [5.74, 6) is 1.91. The molecule has 0 aliphatic heterocycles. The van der Waals surface area contributed by atoms with Crippen LogP contribution in [-0.2, 0) is 6.42 Å². The van der Waals surface area contributed by atoms with Crippen LogP contribution in [0.4, 0.5) is 0 Å². The molecular formula is C18H21N3O. The highest BCUT2D eigenvalue weighted by molar-refractivity contribution is 5.76. The van der Waals surface area contributed by atoms with Crippen molar-refractivity contribution in [3.05, 3.63) is 60.4 Å². The van der Waals surface area contributed by atoms with Crippen LogP contribution in [-0.4, -0.2) is 22.7 Å². The zero-order chi connectivity index (χ0) is 15.4. The van der Waals surface area contributed by atoms with Crippen LogP contribution in [0.15, 0.2) is 54.6 Å². The van der Waals surface area contributed by atoms with E-state index in [2.05, 4.69) is 17.6 Å². The third kappa shape index (κ3) is 2.97. The molecule has 0 amide bonds. The molecule has 0 spiro atoms. The molecule has 0 aliphatic rings. The van der Waals surface area contributed by atoms with Crippen molar-refractivity contribution in [2.75, 3.05) is 13.2 Å². The summed E-state index contributed by atoms with van der Waals surface area (Å²) in [6.07, 6.45) is 0.758. The normalized spacial score (nSPS) is 12.5. The Balaban J connectivity index is 1.80. The molecule has 1 unspecified atom stereocenters. The Morgan fingerprint density at radius 2 is 1.82 bits per heavy atom. The van der Waals surface area contributed by atoms with E-state index in [0.29, 0.717) is 13.2 Å². The minimum absolute atomic E-state index is 0.221. The molecule has 0 saturated heterocycles. The molecule has 3 rings (SSSR count). The topological polar surface area (TPSA) is 53.1 Å². The standard InChI is InChI=1S/C18H21N3O/c1-14(13-19)21-17-10-6-5-9-16(17)20-18(21)11-12-22-15-7-3-2-4-8-15/h2-10,14H,11-13,19H2,1H3. The monoisotopic (exact) mass is 295 g/mol. The van der Waals surface area contributed by atoms with Crippen LogP contribution in [0.2, 0.25) is 0 Å². The van der Waals surface area contributed by atoms with Crippen LogP contribution in [0.25, 0.3) is 11.0 Å². The average molecular weight is 295 g/mol. The molecule has 114 valence electrons. The van der Waals surface area contributed by atoms with Crippen LogP contribution < -0.4 is 10.5 Å². The molecule has 2 aromatic carbocycles. The Bertz CT molecular complexity index is 736. The van der Waals surface area contributed by atoms with E-state index in [1.165, 1.54) is 0 Å². The number of benzene rings is 2. The molecule has 0 bridgehead atoms. The van der Waals surface area contributed by atoms with Crippen molar-refractivity contribution in [2.45, 2.75) is 19.4 Å². The summed E-state index contributed by atoms with van der Waals surface area (Å²) in [7, 11) is 0. The summed E-state index contributed by atoms with van der Waals surface area (Å²) in [6, 6.07) is 18.3. The van der Waals surface area contributed by atoms with Gasteiger partial charge in [-0.3, -0.25) is 0 Å².